The standard InChI is InChI=1S/C14H22N2O3S/c1-8-9(20-11(15-8)13(2,3)4)10(17)16-14(5,6)12(18)19-7/h1-7H3,(H,16,17). The van der Waals surface area contributed by atoms with E-state index < -0.39 is 11.5 Å². The van der Waals surface area contributed by atoms with Gasteiger partial charge < -0.3 is 10.1 Å². The van der Waals surface area contributed by atoms with Gasteiger partial charge in [0.05, 0.1) is 17.8 Å². The highest BCUT2D eigenvalue weighted by molar-refractivity contribution is 7.14. The molecular weight excluding hydrogens is 276 g/mol. The van der Waals surface area contributed by atoms with E-state index >= 15 is 0 Å². The number of ether oxygens (including phenoxy) is 1. The lowest BCUT2D eigenvalue weighted by Crippen LogP contribution is -2.50. The molecule has 6 heteroatoms. The van der Waals surface area contributed by atoms with E-state index in [1.54, 1.807) is 20.8 Å². The zero-order valence-corrected chi connectivity index (χ0v) is 13.9. The minimum atomic E-state index is -1.07. The molecule has 0 aliphatic carbocycles. The summed E-state index contributed by atoms with van der Waals surface area (Å²) in [5, 5.41) is 3.58. The van der Waals surface area contributed by atoms with Gasteiger partial charge in [0, 0.05) is 5.41 Å². The van der Waals surface area contributed by atoms with Crippen molar-refractivity contribution in [3.05, 3.63) is 15.6 Å². The molecule has 5 nitrogen and oxygen atoms in total. The fourth-order valence-electron chi connectivity index (χ4n) is 1.57. The Bertz CT molecular complexity index is 527. The fraction of sp³-hybridized carbons (Fsp3) is 0.643. The summed E-state index contributed by atoms with van der Waals surface area (Å²) in [5.41, 5.74) is -0.492. The van der Waals surface area contributed by atoms with E-state index in [0.29, 0.717) is 10.6 Å². The molecule has 1 amide bonds. The number of carbonyl (C=O) groups excluding carboxylic acids is 2. The van der Waals surface area contributed by atoms with E-state index in [1.807, 2.05) is 20.8 Å². The summed E-state index contributed by atoms with van der Waals surface area (Å²) < 4.78 is 4.68. The molecular formula is C14H22N2O3S. The maximum atomic E-state index is 12.3. The van der Waals surface area contributed by atoms with Crippen LogP contribution < -0.4 is 5.32 Å². The van der Waals surface area contributed by atoms with Gasteiger partial charge in [0.1, 0.15) is 10.4 Å². The Labute approximate surface area is 123 Å². The topological polar surface area (TPSA) is 68.3 Å². The maximum absolute atomic E-state index is 12.3. The molecule has 1 aromatic rings. The van der Waals surface area contributed by atoms with E-state index in [9.17, 15) is 9.59 Å². The predicted octanol–water partition coefficient (Wildman–Crippen LogP) is 2.43. The second kappa shape index (κ2) is 5.52. The highest BCUT2D eigenvalue weighted by atomic mass is 32.1. The molecule has 0 spiro atoms. The number of thiazole rings is 1. The van der Waals surface area contributed by atoms with Crippen LogP contribution in [0.2, 0.25) is 0 Å². The highest BCUT2D eigenvalue weighted by Gasteiger charge is 2.32. The van der Waals surface area contributed by atoms with E-state index in [0.717, 1.165) is 5.01 Å². The Hall–Kier alpha value is -1.43. The summed E-state index contributed by atoms with van der Waals surface area (Å²) in [5.74, 6) is -0.782. The Morgan fingerprint density at radius 1 is 1.20 bits per heavy atom. The molecule has 1 heterocycles. The number of aryl methyl sites for hydroxylation is 1. The fourth-order valence-corrected chi connectivity index (χ4v) is 2.59. The first-order valence-corrected chi connectivity index (χ1v) is 7.19. The van der Waals surface area contributed by atoms with E-state index in [4.69, 9.17) is 0 Å². The van der Waals surface area contributed by atoms with Crippen molar-refractivity contribution in [1.82, 2.24) is 10.3 Å². The van der Waals surface area contributed by atoms with Gasteiger partial charge in [0.2, 0.25) is 0 Å². The number of esters is 1. The molecule has 0 aliphatic heterocycles. The number of hydrogen-bond donors (Lipinski definition) is 1. The molecule has 0 atom stereocenters. The quantitative estimate of drug-likeness (QED) is 0.870. The number of hydrogen-bond acceptors (Lipinski definition) is 5. The molecule has 1 aromatic heterocycles. The molecule has 0 saturated carbocycles. The average Bonchev–Trinajstić information content (AvgIpc) is 2.69. The van der Waals surface area contributed by atoms with Crippen molar-refractivity contribution >= 4 is 23.2 Å². The monoisotopic (exact) mass is 298 g/mol. The van der Waals surface area contributed by atoms with Gasteiger partial charge in [-0.25, -0.2) is 9.78 Å². The molecule has 0 aliphatic rings. The zero-order chi connectivity index (χ0) is 15.7. The van der Waals surface area contributed by atoms with E-state index in [2.05, 4.69) is 15.0 Å². The van der Waals surface area contributed by atoms with Crippen LogP contribution in [0.1, 0.15) is 55.0 Å². The SMILES string of the molecule is COC(=O)C(C)(C)NC(=O)c1sc(C(C)(C)C)nc1C. The van der Waals surface area contributed by atoms with Gasteiger partial charge in [-0.05, 0) is 20.8 Å². The molecule has 0 bridgehead atoms. The van der Waals surface area contributed by atoms with Crippen LogP contribution in [0.15, 0.2) is 0 Å². The molecule has 0 aromatic carbocycles. The lowest BCUT2D eigenvalue weighted by atomic mass is 9.98. The molecule has 0 radical (unpaired) electrons. The van der Waals surface area contributed by atoms with Crippen LogP contribution in [0.3, 0.4) is 0 Å². The van der Waals surface area contributed by atoms with Gasteiger partial charge in [-0.2, -0.15) is 0 Å². The molecule has 112 valence electrons. The van der Waals surface area contributed by atoms with Gasteiger partial charge in [-0.3, -0.25) is 4.79 Å². The number of amides is 1. The van der Waals surface area contributed by atoms with Gasteiger partial charge in [0.25, 0.3) is 5.91 Å². The summed E-state index contributed by atoms with van der Waals surface area (Å²) in [7, 11) is 1.30. The highest BCUT2D eigenvalue weighted by Crippen LogP contribution is 2.29. The van der Waals surface area contributed by atoms with Crippen LogP contribution in [0.5, 0.6) is 0 Å². The Morgan fingerprint density at radius 3 is 2.15 bits per heavy atom. The number of carbonyl (C=O) groups is 2. The van der Waals surface area contributed by atoms with Gasteiger partial charge in [-0.1, -0.05) is 20.8 Å². The summed E-state index contributed by atoms with van der Waals surface area (Å²) in [4.78, 5) is 28.9. The molecule has 0 unspecified atom stereocenters. The van der Waals surface area contributed by atoms with Crippen molar-refractivity contribution in [2.24, 2.45) is 0 Å². The summed E-state index contributed by atoms with van der Waals surface area (Å²) in [6.45, 7) is 11.2. The first-order chi connectivity index (χ1) is 8.99. The minimum absolute atomic E-state index is 0.105. The van der Waals surface area contributed by atoms with Crippen molar-refractivity contribution in [3.63, 3.8) is 0 Å². The van der Waals surface area contributed by atoms with Crippen molar-refractivity contribution in [1.29, 1.82) is 0 Å². The first kappa shape index (κ1) is 16.6. The largest absolute Gasteiger partial charge is 0.467 e. The van der Waals surface area contributed by atoms with Crippen molar-refractivity contribution in [3.8, 4) is 0 Å². The van der Waals surface area contributed by atoms with Crippen LogP contribution in [-0.4, -0.2) is 29.5 Å². The number of rotatable bonds is 3. The van der Waals surface area contributed by atoms with Crippen LogP contribution in [0, 0.1) is 6.92 Å². The van der Waals surface area contributed by atoms with Crippen LogP contribution in [0.25, 0.3) is 0 Å². The number of nitrogens with one attached hydrogen (secondary N) is 1. The molecule has 1 N–H and O–H groups in total. The minimum Gasteiger partial charge on any atom is -0.467 e. The van der Waals surface area contributed by atoms with Gasteiger partial charge in [0.15, 0.2) is 0 Å². The Balaban J connectivity index is 3.00. The first-order valence-electron chi connectivity index (χ1n) is 6.38. The second-order valence-corrected chi connectivity index (χ2v) is 7.25. The lowest BCUT2D eigenvalue weighted by molar-refractivity contribution is -0.146. The summed E-state index contributed by atoms with van der Waals surface area (Å²) >= 11 is 1.36. The Morgan fingerprint density at radius 2 is 1.75 bits per heavy atom. The lowest BCUT2D eigenvalue weighted by Gasteiger charge is -2.22. The second-order valence-electron chi connectivity index (χ2n) is 6.25. The van der Waals surface area contributed by atoms with Gasteiger partial charge in [-0.15, -0.1) is 11.3 Å². The van der Waals surface area contributed by atoms with Crippen LogP contribution >= 0.6 is 11.3 Å². The van der Waals surface area contributed by atoms with Crippen LogP contribution in [0.4, 0.5) is 0 Å². The number of methoxy groups -OCH3 is 1. The zero-order valence-electron chi connectivity index (χ0n) is 13.1. The van der Waals surface area contributed by atoms with E-state index in [-0.39, 0.29) is 11.3 Å². The summed E-state index contributed by atoms with van der Waals surface area (Å²) in [6, 6.07) is 0. The summed E-state index contributed by atoms with van der Waals surface area (Å²) in [6.07, 6.45) is 0. The number of nitrogens with zero attached hydrogens (tertiary/aromatic N) is 1. The maximum Gasteiger partial charge on any atom is 0.330 e. The van der Waals surface area contributed by atoms with Crippen molar-refractivity contribution in [2.45, 2.75) is 52.5 Å². The third-order valence-corrected chi connectivity index (χ3v) is 4.35. The van der Waals surface area contributed by atoms with Gasteiger partial charge >= 0.3 is 5.97 Å². The smallest absolute Gasteiger partial charge is 0.330 e. The third kappa shape index (κ3) is 3.56. The molecule has 0 saturated heterocycles. The van der Waals surface area contributed by atoms with Crippen molar-refractivity contribution < 1.29 is 14.3 Å². The average molecular weight is 298 g/mol. The van der Waals surface area contributed by atoms with Crippen molar-refractivity contribution in [2.75, 3.05) is 7.11 Å². The predicted molar refractivity (Wildman–Crippen MR) is 79.1 cm³/mol. The van der Waals surface area contributed by atoms with E-state index in [1.165, 1.54) is 18.4 Å². The molecule has 1 rings (SSSR count). The molecule has 0 fully saturated rings. The number of aromatic nitrogens is 1. The van der Waals surface area contributed by atoms with Crippen LogP contribution in [-0.2, 0) is 14.9 Å². The Kier molecular flexibility index (Phi) is 4.59. The molecule has 20 heavy (non-hydrogen) atoms. The third-order valence-electron chi connectivity index (χ3n) is 2.77. The normalized spacial score (nSPS) is 12.2.